The molecule has 0 aliphatic carbocycles. The molecule has 132 valence electrons. The Kier molecular flexibility index (Phi) is 5.10. The van der Waals surface area contributed by atoms with Gasteiger partial charge in [-0.2, -0.15) is 4.57 Å². The molecule has 4 N–H and O–H groups in total. The number of aliphatic hydroxyl groups excluding tert-OH is 2. The fraction of sp³-hybridized carbons (Fsp3) is 0.333. The van der Waals surface area contributed by atoms with Crippen molar-refractivity contribution in [3.05, 3.63) is 66.5 Å². The minimum Gasteiger partial charge on any atom is -0.394 e. The number of hydrogen-bond donors (Lipinski definition) is 4. The number of benzene rings is 1. The molecule has 7 nitrogen and oxygen atoms in total. The highest BCUT2D eigenvalue weighted by Gasteiger charge is 2.65. The topological polar surface area (TPSA) is 103 Å². The van der Waals surface area contributed by atoms with E-state index in [-0.39, 0.29) is 6.54 Å². The fourth-order valence-corrected chi connectivity index (χ4v) is 2.95. The highest BCUT2D eigenvalue weighted by Crippen LogP contribution is 2.35. The Bertz CT molecular complexity index is 712. The first kappa shape index (κ1) is 17.5. The molecular formula is C18H21N2O5+. The molecule has 0 saturated carbocycles. The monoisotopic (exact) mass is 345 g/mol. The zero-order valence-electron chi connectivity index (χ0n) is 13.5. The summed E-state index contributed by atoms with van der Waals surface area (Å²) >= 11 is 0. The second-order valence-corrected chi connectivity index (χ2v) is 5.97. The van der Waals surface area contributed by atoms with Gasteiger partial charge in [0.2, 0.25) is 0 Å². The lowest BCUT2D eigenvalue weighted by atomic mass is 9.92. The van der Waals surface area contributed by atoms with Gasteiger partial charge in [-0.3, -0.25) is 4.79 Å². The average molecular weight is 345 g/mol. The van der Waals surface area contributed by atoms with Gasteiger partial charge in [-0.05, 0) is 5.56 Å². The van der Waals surface area contributed by atoms with Gasteiger partial charge in [0.25, 0.3) is 11.5 Å². The molecule has 25 heavy (non-hydrogen) atoms. The zero-order valence-corrected chi connectivity index (χ0v) is 13.5. The van der Waals surface area contributed by atoms with Crippen molar-refractivity contribution in [2.24, 2.45) is 0 Å². The number of hydrogen-bond acceptors (Lipinski definition) is 5. The van der Waals surface area contributed by atoms with E-state index in [0.29, 0.717) is 0 Å². The second-order valence-electron chi connectivity index (χ2n) is 5.97. The van der Waals surface area contributed by atoms with Gasteiger partial charge in [0.05, 0.1) is 6.61 Å². The number of ether oxygens (including phenoxy) is 1. The van der Waals surface area contributed by atoms with Crippen molar-refractivity contribution < 1.29 is 29.4 Å². The summed E-state index contributed by atoms with van der Waals surface area (Å²) in [6.07, 6.45) is -0.549. The van der Waals surface area contributed by atoms with Gasteiger partial charge in [-0.1, -0.05) is 36.4 Å². The van der Waals surface area contributed by atoms with E-state index in [1.165, 1.54) is 4.57 Å². The van der Waals surface area contributed by atoms with Gasteiger partial charge >= 0.3 is 6.23 Å². The molecule has 0 unspecified atom stereocenters. The quantitative estimate of drug-likeness (QED) is 0.535. The summed E-state index contributed by atoms with van der Waals surface area (Å²) in [6.45, 7) is -0.315. The molecule has 0 radical (unpaired) electrons. The van der Waals surface area contributed by atoms with Crippen LogP contribution in [0.2, 0.25) is 0 Å². The third-order valence-electron chi connectivity index (χ3n) is 4.33. The SMILES string of the molecule is O=C(NCc1ccccc1)[C@@]1(O)[C@@H](O)[C@@H](CO)O[C@H]1[n+]1ccccc1. The highest BCUT2D eigenvalue weighted by molar-refractivity contribution is 5.86. The van der Waals surface area contributed by atoms with Crippen molar-refractivity contribution in [2.75, 3.05) is 6.61 Å². The Morgan fingerprint density at radius 2 is 1.80 bits per heavy atom. The van der Waals surface area contributed by atoms with Crippen LogP contribution in [0.1, 0.15) is 11.8 Å². The fourth-order valence-electron chi connectivity index (χ4n) is 2.95. The maximum Gasteiger partial charge on any atom is 0.304 e. The van der Waals surface area contributed by atoms with Crippen molar-refractivity contribution in [3.63, 3.8) is 0 Å². The van der Waals surface area contributed by atoms with Gasteiger partial charge in [0.15, 0.2) is 12.4 Å². The van der Waals surface area contributed by atoms with Crippen LogP contribution < -0.4 is 9.88 Å². The predicted molar refractivity (Wildman–Crippen MR) is 86.9 cm³/mol. The maximum atomic E-state index is 12.7. The molecule has 1 saturated heterocycles. The number of nitrogens with one attached hydrogen (secondary N) is 1. The molecule has 1 aliphatic rings. The lowest BCUT2D eigenvalue weighted by Gasteiger charge is -2.26. The van der Waals surface area contributed by atoms with Gasteiger partial charge in [0.1, 0.15) is 12.2 Å². The molecule has 0 bridgehead atoms. The van der Waals surface area contributed by atoms with E-state index >= 15 is 0 Å². The molecule has 1 aliphatic heterocycles. The number of nitrogens with zero attached hydrogens (tertiary/aromatic N) is 1. The third kappa shape index (κ3) is 3.27. The molecular weight excluding hydrogens is 324 g/mol. The van der Waals surface area contributed by atoms with Crippen LogP contribution in [0, 0.1) is 0 Å². The van der Waals surface area contributed by atoms with Gasteiger partial charge in [0, 0.05) is 18.7 Å². The number of amides is 1. The maximum absolute atomic E-state index is 12.7. The first-order valence-corrected chi connectivity index (χ1v) is 8.02. The van der Waals surface area contributed by atoms with Crippen molar-refractivity contribution in [2.45, 2.75) is 30.6 Å². The first-order chi connectivity index (χ1) is 12.1. The van der Waals surface area contributed by atoms with Gasteiger partial charge in [-0.25, -0.2) is 0 Å². The molecule has 7 heteroatoms. The Morgan fingerprint density at radius 1 is 1.16 bits per heavy atom. The van der Waals surface area contributed by atoms with Crippen molar-refractivity contribution in [3.8, 4) is 0 Å². The van der Waals surface area contributed by atoms with Crippen LogP contribution in [0.25, 0.3) is 0 Å². The number of rotatable bonds is 5. The largest absolute Gasteiger partial charge is 0.394 e. The van der Waals surface area contributed by atoms with Crippen LogP contribution in [-0.4, -0.2) is 45.6 Å². The summed E-state index contributed by atoms with van der Waals surface area (Å²) in [5.41, 5.74) is -1.37. The normalized spacial score (nSPS) is 28.7. The number of pyridine rings is 1. The molecule has 0 spiro atoms. The van der Waals surface area contributed by atoms with Crippen LogP contribution >= 0.6 is 0 Å². The number of aliphatic hydroxyl groups is 3. The lowest BCUT2D eigenvalue weighted by Crippen LogP contribution is -2.62. The van der Waals surface area contributed by atoms with Crippen molar-refractivity contribution in [1.82, 2.24) is 5.32 Å². The standard InChI is InChI=1S/C18H20N2O5/c21-12-14-15(22)18(24,17(25-14)20-9-5-2-6-10-20)16(23)19-11-13-7-3-1-4-8-13/h1-10,14-15,17,21-22,24H,11-12H2/p+1/t14-,15+,17-,18+/m1/s1. The number of carbonyl (C=O) groups is 1. The van der Waals surface area contributed by atoms with E-state index in [4.69, 9.17) is 4.74 Å². The average Bonchev–Trinajstić information content (AvgIpc) is 2.93. The second kappa shape index (κ2) is 7.28. The minimum atomic E-state index is -2.23. The Morgan fingerprint density at radius 3 is 2.44 bits per heavy atom. The van der Waals surface area contributed by atoms with E-state index in [1.807, 2.05) is 30.3 Å². The van der Waals surface area contributed by atoms with Crippen molar-refractivity contribution >= 4 is 5.91 Å². The summed E-state index contributed by atoms with van der Waals surface area (Å²) in [7, 11) is 0. The summed E-state index contributed by atoms with van der Waals surface area (Å²) in [4.78, 5) is 12.7. The van der Waals surface area contributed by atoms with Crippen LogP contribution in [0.3, 0.4) is 0 Å². The number of aromatic nitrogens is 1. The molecule has 3 rings (SSSR count). The van der Waals surface area contributed by atoms with Crippen LogP contribution in [0.15, 0.2) is 60.9 Å². The van der Waals surface area contributed by atoms with Gasteiger partial charge < -0.3 is 25.4 Å². The zero-order chi connectivity index (χ0) is 17.9. The molecule has 4 atom stereocenters. The van der Waals surface area contributed by atoms with E-state index < -0.39 is 36.6 Å². The Hall–Kier alpha value is -2.32. The Balaban J connectivity index is 1.84. The summed E-state index contributed by atoms with van der Waals surface area (Å²) in [5.74, 6) is -0.763. The summed E-state index contributed by atoms with van der Waals surface area (Å²) < 4.78 is 7.04. The van der Waals surface area contributed by atoms with E-state index in [9.17, 15) is 20.1 Å². The van der Waals surface area contributed by atoms with E-state index in [0.717, 1.165) is 5.56 Å². The molecule has 2 aromatic rings. The van der Waals surface area contributed by atoms with Crippen LogP contribution in [0.4, 0.5) is 0 Å². The van der Waals surface area contributed by atoms with E-state index in [1.54, 1.807) is 30.6 Å². The molecule has 1 aromatic heterocycles. The molecule has 2 heterocycles. The summed E-state index contributed by atoms with van der Waals surface area (Å²) in [5, 5.41) is 33.4. The first-order valence-electron chi connectivity index (χ1n) is 8.02. The summed E-state index contributed by atoms with van der Waals surface area (Å²) in [6, 6.07) is 14.4. The van der Waals surface area contributed by atoms with Crippen LogP contribution in [-0.2, 0) is 16.1 Å². The smallest absolute Gasteiger partial charge is 0.304 e. The van der Waals surface area contributed by atoms with Gasteiger partial charge in [-0.15, -0.1) is 0 Å². The van der Waals surface area contributed by atoms with Crippen molar-refractivity contribution in [1.29, 1.82) is 0 Å². The van der Waals surface area contributed by atoms with Crippen LogP contribution in [0.5, 0.6) is 0 Å². The lowest BCUT2D eigenvalue weighted by molar-refractivity contribution is -0.770. The minimum absolute atomic E-state index is 0.199. The predicted octanol–water partition coefficient (Wildman–Crippen LogP) is -0.728. The van der Waals surface area contributed by atoms with E-state index in [2.05, 4.69) is 5.32 Å². The molecule has 1 fully saturated rings. The third-order valence-corrected chi connectivity index (χ3v) is 4.33. The number of carbonyl (C=O) groups excluding carboxylic acids is 1. The Labute approximate surface area is 145 Å². The molecule has 1 aromatic carbocycles. The highest BCUT2D eigenvalue weighted by atomic mass is 16.6. The molecule has 1 amide bonds.